The summed E-state index contributed by atoms with van der Waals surface area (Å²) in [5, 5.41) is 12.1. The van der Waals surface area contributed by atoms with Gasteiger partial charge in [-0.2, -0.15) is 0 Å². The number of rotatable bonds is 9. The van der Waals surface area contributed by atoms with Gasteiger partial charge < -0.3 is 14.4 Å². The van der Waals surface area contributed by atoms with Crippen molar-refractivity contribution < 1.29 is 24.7 Å². The van der Waals surface area contributed by atoms with Crippen LogP contribution in [0.3, 0.4) is 0 Å². The number of aldehydes is 1. The van der Waals surface area contributed by atoms with Gasteiger partial charge >= 0.3 is 0 Å². The Morgan fingerprint density at radius 2 is 1.86 bits per heavy atom. The number of ether oxygens (including phenoxy) is 1. The monoisotopic (exact) mass is 397 g/mol. The summed E-state index contributed by atoms with van der Waals surface area (Å²) < 4.78 is 5.94. The maximum absolute atomic E-state index is 11.3. The lowest BCUT2D eigenvalue weighted by atomic mass is 9.92. The van der Waals surface area contributed by atoms with Crippen LogP contribution in [0.2, 0.25) is 0 Å². The molecule has 6 heteroatoms. The first-order valence-electron chi connectivity index (χ1n) is 10.3. The van der Waals surface area contributed by atoms with E-state index in [1.54, 1.807) is 12.1 Å². The zero-order valence-corrected chi connectivity index (χ0v) is 16.6. The highest BCUT2D eigenvalue weighted by atomic mass is 17.5. The Kier molecular flexibility index (Phi) is 6.13. The Labute approximate surface area is 170 Å². The second kappa shape index (κ2) is 8.95. The third-order valence-corrected chi connectivity index (χ3v) is 5.94. The first-order chi connectivity index (χ1) is 14.2. The zero-order chi connectivity index (χ0) is 20.2. The van der Waals surface area contributed by atoms with E-state index in [4.69, 9.17) is 9.99 Å². The molecule has 2 aromatic carbocycles. The molecule has 1 aliphatic heterocycles. The summed E-state index contributed by atoms with van der Waals surface area (Å²) in [4.78, 5) is 18.1. The summed E-state index contributed by atoms with van der Waals surface area (Å²) in [5.74, 6) is 2.43. The van der Waals surface area contributed by atoms with Crippen LogP contribution in [0.25, 0.3) is 0 Å². The first-order valence-corrected chi connectivity index (χ1v) is 10.3. The van der Waals surface area contributed by atoms with E-state index in [1.165, 1.54) is 24.0 Å². The molecule has 0 unspecified atom stereocenters. The molecular formula is C23H27NO5. The van der Waals surface area contributed by atoms with E-state index in [0.717, 1.165) is 30.6 Å². The van der Waals surface area contributed by atoms with Gasteiger partial charge in [-0.3, -0.25) is 4.90 Å². The molecule has 29 heavy (non-hydrogen) atoms. The Bertz CT molecular complexity index is 834. The fourth-order valence-electron chi connectivity index (χ4n) is 4.39. The molecular weight excluding hydrogens is 370 g/mol. The van der Waals surface area contributed by atoms with Gasteiger partial charge in [0.1, 0.15) is 12.0 Å². The predicted molar refractivity (Wildman–Crippen MR) is 108 cm³/mol. The molecule has 154 valence electrons. The fraction of sp³-hybridized carbons (Fsp3) is 0.435. The van der Waals surface area contributed by atoms with Crippen LogP contribution in [0, 0.1) is 0 Å². The highest BCUT2D eigenvalue weighted by Gasteiger charge is 2.34. The Hall–Kier alpha value is -2.41. The van der Waals surface area contributed by atoms with Crippen molar-refractivity contribution in [2.75, 3.05) is 19.7 Å². The van der Waals surface area contributed by atoms with Gasteiger partial charge in [-0.1, -0.05) is 24.3 Å². The highest BCUT2D eigenvalue weighted by molar-refractivity contribution is 5.52. The Balaban J connectivity index is 1.56. The van der Waals surface area contributed by atoms with Gasteiger partial charge in [0.15, 0.2) is 5.75 Å². The minimum absolute atomic E-state index is 0.146. The van der Waals surface area contributed by atoms with Gasteiger partial charge in [0, 0.05) is 12.6 Å². The molecule has 2 atom stereocenters. The van der Waals surface area contributed by atoms with Crippen LogP contribution in [-0.2, 0) is 9.83 Å². The summed E-state index contributed by atoms with van der Waals surface area (Å²) in [5.41, 5.74) is 3.71. The van der Waals surface area contributed by atoms with Crippen LogP contribution in [0.1, 0.15) is 60.8 Å². The average Bonchev–Trinajstić information content (AvgIpc) is 3.49. The normalized spacial score (nSPS) is 21.9. The summed E-state index contributed by atoms with van der Waals surface area (Å²) in [6.45, 7) is 3.92. The highest BCUT2D eigenvalue weighted by Crippen LogP contribution is 2.47. The van der Waals surface area contributed by atoms with E-state index in [1.807, 2.05) is 19.1 Å². The van der Waals surface area contributed by atoms with E-state index in [2.05, 4.69) is 33.0 Å². The molecule has 0 amide bonds. The van der Waals surface area contributed by atoms with Crippen LogP contribution in [0.15, 0.2) is 42.5 Å². The number of hydrogen-bond acceptors (Lipinski definition) is 6. The molecule has 0 spiro atoms. The molecule has 0 aromatic heterocycles. The second-order valence-electron chi connectivity index (χ2n) is 7.80. The van der Waals surface area contributed by atoms with E-state index < -0.39 is 0 Å². The maximum atomic E-state index is 11.3. The minimum Gasteiger partial charge on any atom is -0.494 e. The predicted octanol–water partition coefficient (Wildman–Crippen LogP) is 4.48. The van der Waals surface area contributed by atoms with Gasteiger partial charge in [-0.15, -0.1) is 0 Å². The van der Waals surface area contributed by atoms with Crippen molar-refractivity contribution in [3.8, 4) is 11.5 Å². The second-order valence-corrected chi connectivity index (χ2v) is 7.80. The van der Waals surface area contributed by atoms with Crippen molar-refractivity contribution in [1.29, 1.82) is 0 Å². The SMILES string of the molecule is CCOc1cc([C@@H]2C[C@H](c3ccc(OOO)cc3)N(CC=O)C2)ccc1C1CC1. The smallest absolute Gasteiger partial charge is 0.168 e. The van der Waals surface area contributed by atoms with E-state index in [0.29, 0.717) is 30.7 Å². The molecule has 6 nitrogen and oxygen atoms in total. The van der Waals surface area contributed by atoms with Gasteiger partial charge in [0.05, 0.1) is 13.2 Å². The van der Waals surface area contributed by atoms with E-state index in [9.17, 15) is 4.79 Å². The minimum atomic E-state index is 0.146. The molecule has 1 heterocycles. The molecule has 0 radical (unpaired) electrons. The Morgan fingerprint density at radius 3 is 2.52 bits per heavy atom. The molecule has 4 rings (SSSR count). The van der Waals surface area contributed by atoms with Crippen molar-refractivity contribution in [1.82, 2.24) is 4.90 Å². The van der Waals surface area contributed by atoms with Crippen molar-refractivity contribution >= 4 is 6.29 Å². The number of benzene rings is 2. The molecule has 2 fully saturated rings. The lowest BCUT2D eigenvalue weighted by molar-refractivity contribution is -0.438. The van der Waals surface area contributed by atoms with Gasteiger partial charge in [-0.05, 0) is 77.9 Å². The topological polar surface area (TPSA) is 68.2 Å². The van der Waals surface area contributed by atoms with Crippen molar-refractivity contribution in [2.24, 2.45) is 0 Å². The number of carbonyl (C=O) groups is 1. The van der Waals surface area contributed by atoms with E-state index in [-0.39, 0.29) is 6.04 Å². The number of carbonyl (C=O) groups excluding carboxylic acids is 1. The Morgan fingerprint density at radius 1 is 1.10 bits per heavy atom. The van der Waals surface area contributed by atoms with Crippen molar-refractivity contribution in [2.45, 2.75) is 44.1 Å². The average molecular weight is 397 g/mol. The third kappa shape index (κ3) is 4.45. The van der Waals surface area contributed by atoms with Gasteiger partial charge in [-0.25, -0.2) is 5.26 Å². The molecule has 0 bridgehead atoms. The summed E-state index contributed by atoms with van der Waals surface area (Å²) >= 11 is 0. The van der Waals surface area contributed by atoms with Gasteiger partial charge in [0.25, 0.3) is 0 Å². The fourth-order valence-corrected chi connectivity index (χ4v) is 4.39. The molecule has 1 saturated heterocycles. The van der Waals surface area contributed by atoms with Crippen LogP contribution >= 0.6 is 0 Å². The summed E-state index contributed by atoms with van der Waals surface area (Å²) in [7, 11) is 0. The molecule has 1 saturated carbocycles. The number of likely N-dealkylation sites (tertiary alicyclic amines) is 1. The maximum Gasteiger partial charge on any atom is 0.168 e. The van der Waals surface area contributed by atoms with Crippen molar-refractivity contribution in [3.63, 3.8) is 0 Å². The summed E-state index contributed by atoms with van der Waals surface area (Å²) in [6.07, 6.45) is 4.39. The standard InChI is InChI=1S/C23H27NO5/c1-2-27-23-14-18(7-10-21(23)16-3-4-16)19-13-22(24(15-19)11-12-25)17-5-8-20(9-6-17)28-29-26/h5-10,12,14,16,19,22,26H,2-4,11,13,15H2,1H3/t19-,22-/m1/s1. The van der Waals surface area contributed by atoms with Gasteiger partial charge in [0.2, 0.25) is 0 Å². The number of hydrogen-bond donors (Lipinski definition) is 1. The lowest BCUT2D eigenvalue weighted by Gasteiger charge is -2.22. The molecule has 1 aliphatic carbocycles. The van der Waals surface area contributed by atoms with Crippen molar-refractivity contribution in [3.05, 3.63) is 59.2 Å². The first kappa shape index (κ1) is 19.9. The number of nitrogens with zero attached hydrogens (tertiary/aromatic N) is 1. The van der Waals surface area contributed by atoms with Crippen LogP contribution < -0.4 is 9.62 Å². The van der Waals surface area contributed by atoms with Crippen LogP contribution in [0.5, 0.6) is 11.5 Å². The van der Waals surface area contributed by atoms with E-state index >= 15 is 0 Å². The largest absolute Gasteiger partial charge is 0.494 e. The molecule has 2 aromatic rings. The molecule has 1 N–H and O–H groups in total. The molecule has 2 aliphatic rings. The van der Waals surface area contributed by atoms with Crippen LogP contribution in [-0.4, -0.2) is 36.1 Å². The third-order valence-electron chi connectivity index (χ3n) is 5.94. The summed E-state index contributed by atoms with van der Waals surface area (Å²) in [6, 6.07) is 14.2. The lowest BCUT2D eigenvalue weighted by Crippen LogP contribution is -2.25. The zero-order valence-electron chi connectivity index (χ0n) is 16.6. The quantitative estimate of drug-likeness (QED) is 0.382. The van der Waals surface area contributed by atoms with Crippen LogP contribution in [0.4, 0.5) is 0 Å².